The molecule has 0 aliphatic heterocycles. The smallest absolute Gasteiger partial charge is 0.223 e. The highest BCUT2D eigenvalue weighted by atomic mass is 16.3. The summed E-state index contributed by atoms with van der Waals surface area (Å²) in [6.07, 6.45) is 11.1. The van der Waals surface area contributed by atoms with Crippen LogP contribution in [0.3, 0.4) is 0 Å². The van der Waals surface area contributed by atoms with E-state index >= 15 is 0 Å². The molecule has 3 heteroatoms. The standard InChI is InChI=1S/C14H25NO2/c16-11-14(9-5-2-6-10-14)15-13(17)12-7-3-1-4-8-12/h12,16H,1-11H2,(H,15,17). The van der Waals surface area contributed by atoms with Crippen LogP contribution in [-0.2, 0) is 4.79 Å². The van der Waals surface area contributed by atoms with Crippen molar-refractivity contribution in [2.75, 3.05) is 6.61 Å². The van der Waals surface area contributed by atoms with Gasteiger partial charge in [-0.3, -0.25) is 4.79 Å². The Morgan fingerprint density at radius 2 is 1.65 bits per heavy atom. The van der Waals surface area contributed by atoms with Gasteiger partial charge in [-0.1, -0.05) is 38.5 Å². The third kappa shape index (κ3) is 3.21. The van der Waals surface area contributed by atoms with Gasteiger partial charge in [-0.2, -0.15) is 0 Å². The average molecular weight is 239 g/mol. The van der Waals surface area contributed by atoms with Crippen molar-refractivity contribution >= 4 is 5.91 Å². The van der Waals surface area contributed by atoms with Gasteiger partial charge < -0.3 is 10.4 Å². The SMILES string of the molecule is O=C(NC1(CO)CCCCC1)C1CCCCC1. The predicted molar refractivity (Wildman–Crippen MR) is 67.6 cm³/mol. The maximum atomic E-state index is 12.2. The summed E-state index contributed by atoms with van der Waals surface area (Å²) in [5, 5.41) is 12.7. The molecule has 0 bridgehead atoms. The molecule has 2 rings (SSSR count). The van der Waals surface area contributed by atoms with Crippen molar-refractivity contribution in [2.24, 2.45) is 5.92 Å². The molecule has 98 valence electrons. The molecule has 1 amide bonds. The number of rotatable bonds is 3. The third-order valence-corrected chi connectivity index (χ3v) is 4.48. The molecule has 0 saturated heterocycles. The molecule has 0 aromatic heterocycles. The molecule has 0 atom stereocenters. The molecule has 2 saturated carbocycles. The second-order valence-electron chi connectivity index (χ2n) is 5.82. The van der Waals surface area contributed by atoms with Gasteiger partial charge in [0, 0.05) is 5.92 Å². The number of amides is 1. The zero-order valence-corrected chi connectivity index (χ0v) is 10.7. The highest BCUT2D eigenvalue weighted by Crippen LogP contribution is 2.30. The summed E-state index contributed by atoms with van der Waals surface area (Å²) in [6, 6.07) is 0. The van der Waals surface area contributed by atoms with Crippen LogP contribution in [0.15, 0.2) is 0 Å². The molecule has 0 spiro atoms. The number of hydrogen-bond donors (Lipinski definition) is 2. The van der Waals surface area contributed by atoms with Gasteiger partial charge in [-0.05, 0) is 25.7 Å². The maximum Gasteiger partial charge on any atom is 0.223 e. The zero-order valence-electron chi connectivity index (χ0n) is 10.7. The first-order valence-electron chi connectivity index (χ1n) is 7.19. The maximum absolute atomic E-state index is 12.2. The van der Waals surface area contributed by atoms with Crippen molar-refractivity contribution in [1.29, 1.82) is 0 Å². The van der Waals surface area contributed by atoms with Crippen molar-refractivity contribution in [1.82, 2.24) is 5.32 Å². The fourth-order valence-corrected chi connectivity index (χ4v) is 3.28. The van der Waals surface area contributed by atoms with Gasteiger partial charge in [0.1, 0.15) is 0 Å². The van der Waals surface area contributed by atoms with Crippen LogP contribution >= 0.6 is 0 Å². The molecule has 3 nitrogen and oxygen atoms in total. The van der Waals surface area contributed by atoms with Gasteiger partial charge >= 0.3 is 0 Å². The predicted octanol–water partition coefficient (Wildman–Crippen LogP) is 2.38. The Morgan fingerprint density at radius 3 is 2.24 bits per heavy atom. The summed E-state index contributed by atoms with van der Waals surface area (Å²) in [6.45, 7) is 0.103. The Hall–Kier alpha value is -0.570. The van der Waals surface area contributed by atoms with E-state index in [0.29, 0.717) is 0 Å². The average Bonchev–Trinajstić information content (AvgIpc) is 2.41. The fourth-order valence-electron chi connectivity index (χ4n) is 3.28. The van der Waals surface area contributed by atoms with Gasteiger partial charge in [0.2, 0.25) is 5.91 Å². The lowest BCUT2D eigenvalue weighted by atomic mass is 9.81. The molecule has 0 unspecified atom stereocenters. The van der Waals surface area contributed by atoms with Crippen LogP contribution in [0.5, 0.6) is 0 Å². The molecule has 0 heterocycles. The molecule has 2 aliphatic carbocycles. The lowest BCUT2D eigenvalue weighted by Gasteiger charge is -2.38. The first-order valence-corrected chi connectivity index (χ1v) is 7.19. The molecular weight excluding hydrogens is 214 g/mol. The van der Waals surface area contributed by atoms with Crippen LogP contribution < -0.4 is 5.32 Å². The number of aliphatic hydroxyl groups excluding tert-OH is 1. The van der Waals surface area contributed by atoms with Crippen LogP contribution in [0.25, 0.3) is 0 Å². The lowest BCUT2D eigenvalue weighted by Crippen LogP contribution is -2.54. The monoisotopic (exact) mass is 239 g/mol. The topological polar surface area (TPSA) is 49.3 Å². The number of nitrogens with one attached hydrogen (secondary N) is 1. The molecule has 2 N–H and O–H groups in total. The Kier molecular flexibility index (Phi) is 4.43. The molecular formula is C14H25NO2. The lowest BCUT2D eigenvalue weighted by molar-refractivity contribution is -0.129. The minimum Gasteiger partial charge on any atom is -0.394 e. The van der Waals surface area contributed by atoms with Gasteiger partial charge in [0.05, 0.1) is 12.1 Å². The van der Waals surface area contributed by atoms with Crippen LogP contribution in [0, 0.1) is 5.92 Å². The van der Waals surface area contributed by atoms with E-state index < -0.39 is 0 Å². The first kappa shape index (κ1) is 12.9. The van der Waals surface area contributed by atoms with Crippen molar-refractivity contribution in [2.45, 2.75) is 69.7 Å². The van der Waals surface area contributed by atoms with Gasteiger partial charge in [-0.25, -0.2) is 0 Å². The number of carbonyl (C=O) groups excluding carboxylic acids is 1. The van der Waals surface area contributed by atoms with Crippen molar-refractivity contribution in [3.05, 3.63) is 0 Å². The van der Waals surface area contributed by atoms with Gasteiger partial charge in [0.25, 0.3) is 0 Å². The summed E-state index contributed by atoms with van der Waals surface area (Å²) in [4.78, 5) is 12.2. The summed E-state index contributed by atoms with van der Waals surface area (Å²) < 4.78 is 0. The number of aliphatic hydroxyl groups is 1. The van der Waals surface area contributed by atoms with E-state index in [1.165, 1.54) is 25.7 Å². The Labute approximate surface area is 104 Å². The minimum absolute atomic E-state index is 0.103. The highest BCUT2D eigenvalue weighted by molar-refractivity contribution is 5.79. The van der Waals surface area contributed by atoms with E-state index in [1.54, 1.807) is 0 Å². The van der Waals surface area contributed by atoms with E-state index in [4.69, 9.17) is 0 Å². The molecule has 0 aromatic rings. The summed E-state index contributed by atoms with van der Waals surface area (Å²) in [5.74, 6) is 0.398. The first-order chi connectivity index (χ1) is 8.26. The normalized spacial score (nSPS) is 25.5. The molecule has 17 heavy (non-hydrogen) atoms. The number of hydrogen-bond acceptors (Lipinski definition) is 2. The molecule has 2 fully saturated rings. The van der Waals surface area contributed by atoms with Crippen LogP contribution in [0.2, 0.25) is 0 Å². The van der Waals surface area contributed by atoms with Crippen molar-refractivity contribution < 1.29 is 9.90 Å². The minimum atomic E-state index is -0.299. The van der Waals surface area contributed by atoms with E-state index in [2.05, 4.69) is 5.32 Å². The van der Waals surface area contributed by atoms with Crippen molar-refractivity contribution in [3.8, 4) is 0 Å². The van der Waals surface area contributed by atoms with Gasteiger partial charge in [0.15, 0.2) is 0 Å². The Bertz CT molecular complexity index is 253. The Balaban J connectivity index is 1.90. The zero-order chi connectivity index (χ0) is 12.1. The van der Waals surface area contributed by atoms with E-state index in [-0.39, 0.29) is 24.0 Å². The second kappa shape index (κ2) is 5.85. The fraction of sp³-hybridized carbons (Fsp3) is 0.929. The summed E-state index contributed by atoms with van der Waals surface area (Å²) in [5.41, 5.74) is -0.299. The van der Waals surface area contributed by atoms with E-state index in [1.807, 2.05) is 0 Å². The van der Waals surface area contributed by atoms with E-state index in [9.17, 15) is 9.90 Å². The van der Waals surface area contributed by atoms with Gasteiger partial charge in [-0.15, -0.1) is 0 Å². The van der Waals surface area contributed by atoms with E-state index in [0.717, 1.165) is 38.5 Å². The highest BCUT2D eigenvalue weighted by Gasteiger charge is 2.34. The second-order valence-corrected chi connectivity index (χ2v) is 5.82. The summed E-state index contributed by atoms with van der Waals surface area (Å²) >= 11 is 0. The molecule has 0 aromatic carbocycles. The van der Waals surface area contributed by atoms with Crippen LogP contribution in [0.1, 0.15) is 64.2 Å². The third-order valence-electron chi connectivity index (χ3n) is 4.48. The summed E-state index contributed by atoms with van der Waals surface area (Å²) in [7, 11) is 0. The van der Waals surface area contributed by atoms with Crippen molar-refractivity contribution in [3.63, 3.8) is 0 Å². The Morgan fingerprint density at radius 1 is 1.06 bits per heavy atom. The quantitative estimate of drug-likeness (QED) is 0.794. The van der Waals surface area contributed by atoms with Crippen LogP contribution in [0.4, 0.5) is 0 Å². The number of carbonyl (C=O) groups is 1. The molecule has 2 aliphatic rings. The molecule has 0 radical (unpaired) electrons. The largest absolute Gasteiger partial charge is 0.394 e. The van der Waals surface area contributed by atoms with Crippen LogP contribution in [-0.4, -0.2) is 23.2 Å².